The molecule has 0 amide bonds. The van der Waals surface area contributed by atoms with Gasteiger partial charge in [0.2, 0.25) is 0 Å². The van der Waals surface area contributed by atoms with Crippen LogP contribution in [-0.4, -0.2) is 13.1 Å². The molecule has 3 rings (SSSR count). The highest BCUT2D eigenvalue weighted by atomic mass is 14.9. The van der Waals surface area contributed by atoms with E-state index in [0.29, 0.717) is 0 Å². The summed E-state index contributed by atoms with van der Waals surface area (Å²) in [6.45, 7) is 2.44. The van der Waals surface area contributed by atoms with Crippen molar-refractivity contribution in [3.63, 3.8) is 0 Å². The van der Waals surface area contributed by atoms with Crippen molar-refractivity contribution < 1.29 is 0 Å². The molecule has 1 heterocycles. The van der Waals surface area contributed by atoms with Gasteiger partial charge in [-0.3, -0.25) is 0 Å². The Labute approximate surface area is 117 Å². The first kappa shape index (κ1) is 13.2. The second-order valence-electron chi connectivity index (χ2n) is 6.45. The summed E-state index contributed by atoms with van der Waals surface area (Å²) in [7, 11) is 0. The van der Waals surface area contributed by atoms with Crippen molar-refractivity contribution in [3.8, 4) is 0 Å². The van der Waals surface area contributed by atoms with Gasteiger partial charge in [0, 0.05) is 0 Å². The largest absolute Gasteiger partial charge is 0.316 e. The first-order chi connectivity index (χ1) is 9.43. The van der Waals surface area contributed by atoms with Crippen LogP contribution in [-0.2, 0) is 6.42 Å². The highest BCUT2D eigenvalue weighted by Crippen LogP contribution is 2.35. The molecule has 0 bridgehead atoms. The minimum atomic E-state index is 0.849. The topological polar surface area (TPSA) is 12.0 Å². The number of hydrogen-bond acceptors (Lipinski definition) is 1. The van der Waals surface area contributed by atoms with Crippen molar-refractivity contribution in [3.05, 3.63) is 35.4 Å². The SMILES string of the molecule is c1ccc(C2CCCCC2)c(CC2CCCNC2)c1. The minimum absolute atomic E-state index is 0.849. The standard InChI is InChI=1S/C18H27N/c1-2-8-16(9-3-1)18-11-5-4-10-17(18)13-15-7-6-12-19-14-15/h4-5,10-11,15-16,19H,1-3,6-9,12-14H2. The van der Waals surface area contributed by atoms with Crippen LogP contribution in [0, 0.1) is 5.92 Å². The molecule has 1 aliphatic heterocycles. The Balaban J connectivity index is 1.72. The average molecular weight is 257 g/mol. The summed E-state index contributed by atoms with van der Waals surface area (Å²) in [5.41, 5.74) is 3.32. The third kappa shape index (κ3) is 3.39. The van der Waals surface area contributed by atoms with Gasteiger partial charge in [-0.2, -0.15) is 0 Å². The maximum Gasteiger partial charge on any atom is -0.00173 e. The summed E-state index contributed by atoms with van der Waals surface area (Å²) >= 11 is 0. The Kier molecular flexibility index (Phi) is 4.55. The molecule has 2 aliphatic rings. The monoisotopic (exact) mass is 257 g/mol. The van der Waals surface area contributed by atoms with Crippen molar-refractivity contribution >= 4 is 0 Å². The van der Waals surface area contributed by atoms with E-state index in [1.54, 1.807) is 11.1 Å². The van der Waals surface area contributed by atoms with Gasteiger partial charge in [0.1, 0.15) is 0 Å². The van der Waals surface area contributed by atoms with Gasteiger partial charge in [0.15, 0.2) is 0 Å². The van der Waals surface area contributed by atoms with Crippen LogP contribution in [0.5, 0.6) is 0 Å². The van der Waals surface area contributed by atoms with Crippen LogP contribution < -0.4 is 5.32 Å². The van der Waals surface area contributed by atoms with E-state index in [1.165, 1.54) is 64.5 Å². The van der Waals surface area contributed by atoms with Gasteiger partial charge in [-0.25, -0.2) is 0 Å². The first-order valence-corrected chi connectivity index (χ1v) is 8.22. The summed E-state index contributed by atoms with van der Waals surface area (Å²) in [5.74, 6) is 1.71. The van der Waals surface area contributed by atoms with Crippen LogP contribution in [0.2, 0.25) is 0 Å². The van der Waals surface area contributed by atoms with Crippen LogP contribution >= 0.6 is 0 Å². The maximum atomic E-state index is 3.55. The van der Waals surface area contributed by atoms with Gasteiger partial charge >= 0.3 is 0 Å². The Bertz CT molecular complexity index is 386. The zero-order valence-corrected chi connectivity index (χ0v) is 12.0. The van der Waals surface area contributed by atoms with E-state index < -0.39 is 0 Å². The molecule has 1 heteroatoms. The molecule has 0 radical (unpaired) electrons. The zero-order valence-electron chi connectivity index (χ0n) is 12.0. The fourth-order valence-corrected chi connectivity index (χ4v) is 3.94. The molecular formula is C18H27N. The summed E-state index contributed by atoms with van der Waals surface area (Å²) < 4.78 is 0. The molecule has 1 saturated heterocycles. The molecular weight excluding hydrogens is 230 g/mol. The molecule has 1 aliphatic carbocycles. The van der Waals surface area contributed by atoms with Crippen LogP contribution in [0.3, 0.4) is 0 Å². The van der Waals surface area contributed by atoms with E-state index in [9.17, 15) is 0 Å². The molecule has 1 unspecified atom stereocenters. The van der Waals surface area contributed by atoms with E-state index in [4.69, 9.17) is 0 Å². The van der Waals surface area contributed by atoms with E-state index in [2.05, 4.69) is 29.6 Å². The molecule has 19 heavy (non-hydrogen) atoms. The van der Waals surface area contributed by atoms with Crippen LogP contribution in [0.25, 0.3) is 0 Å². The fraction of sp³-hybridized carbons (Fsp3) is 0.667. The molecule has 1 N–H and O–H groups in total. The lowest BCUT2D eigenvalue weighted by molar-refractivity contribution is 0.372. The van der Waals surface area contributed by atoms with Gasteiger partial charge in [0.25, 0.3) is 0 Å². The van der Waals surface area contributed by atoms with Gasteiger partial charge < -0.3 is 5.32 Å². The predicted molar refractivity (Wildman–Crippen MR) is 81.6 cm³/mol. The Morgan fingerprint density at radius 2 is 1.79 bits per heavy atom. The van der Waals surface area contributed by atoms with Crippen LogP contribution in [0.4, 0.5) is 0 Å². The smallest absolute Gasteiger partial charge is 0.00173 e. The molecule has 104 valence electrons. The predicted octanol–water partition coefficient (Wildman–Crippen LogP) is 4.28. The lowest BCUT2D eigenvalue weighted by atomic mass is 9.80. The second-order valence-corrected chi connectivity index (χ2v) is 6.45. The van der Waals surface area contributed by atoms with Gasteiger partial charge in [0.05, 0.1) is 0 Å². The number of nitrogens with one attached hydrogen (secondary N) is 1. The summed E-state index contributed by atoms with van der Waals surface area (Å²) in [5, 5.41) is 3.55. The first-order valence-electron chi connectivity index (χ1n) is 8.22. The molecule has 2 fully saturated rings. The quantitative estimate of drug-likeness (QED) is 0.852. The van der Waals surface area contributed by atoms with E-state index in [1.807, 2.05) is 0 Å². The Morgan fingerprint density at radius 1 is 0.947 bits per heavy atom. The average Bonchev–Trinajstić information content (AvgIpc) is 2.50. The zero-order chi connectivity index (χ0) is 12.9. The fourth-order valence-electron chi connectivity index (χ4n) is 3.94. The molecule has 1 aromatic rings. The van der Waals surface area contributed by atoms with Gasteiger partial charge in [-0.15, -0.1) is 0 Å². The number of piperidine rings is 1. The van der Waals surface area contributed by atoms with Gasteiger partial charge in [-0.05, 0) is 68.2 Å². The van der Waals surface area contributed by atoms with E-state index >= 15 is 0 Å². The Hall–Kier alpha value is -0.820. The third-order valence-corrected chi connectivity index (χ3v) is 5.01. The van der Waals surface area contributed by atoms with Crippen molar-refractivity contribution in [1.82, 2.24) is 5.32 Å². The van der Waals surface area contributed by atoms with Gasteiger partial charge in [-0.1, -0.05) is 43.5 Å². The second kappa shape index (κ2) is 6.56. The molecule has 1 nitrogen and oxygen atoms in total. The van der Waals surface area contributed by atoms with E-state index in [0.717, 1.165) is 11.8 Å². The van der Waals surface area contributed by atoms with E-state index in [-0.39, 0.29) is 0 Å². The van der Waals surface area contributed by atoms with Crippen LogP contribution in [0.1, 0.15) is 62.0 Å². The Morgan fingerprint density at radius 3 is 2.58 bits per heavy atom. The normalized spacial score (nSPS) is 25.4. The highest BCUT2D eigenvalue weighted by Gasteiger charge is 2.20. The van der Waals surface area contributed by atoms with Crippen LogP contribution in [0.15, 0.2) is 24.3 Å². The number of rotatable bonds is 3. The van der Waals surface area contributed by atoms with Crippen molar-refractivity contribution in [1.29, 1.82) is 0 Å². The minimum Gasteiger partial charge on any atom is -0.316 e. The molecule has 1 atom stereocenters. The summed E-state index contributed by atoms with van der Waals surface area (Å²) in [4.78, 5) is 0. The van der Waals surface area contributed by atoms with Crippen molar-refractivity contribution in [2.75, 3.05) is 13.1 Å². The summed E-state index contributed by atoms with van der Waals surface area (Å²) in [6.07, 6.45) is 11.2. The molecule has 1 saturated carbocycles. The molecule has 1 aromatic carbocycles. The maximum absolute atomic E-state index is 3.55. The highest BCUT2D eigenvalue weighted by molar-refractivity contribution is 5.31. The van der Waals surface area contributed by atoms with Crippen molar-refractivity contribution in [2.45, 2.75) is 57.3 Å². The third-order valence-electron chi connectivity index (χ3n) is 5.01. The lowest BCUT2D eigenvalue weighted by Gasteiger charge is -2.27. The lowest BCUT2D eigenvalue weighted by Crippen LogP contribution is -2.31. The number of hydrogen-bond donors (Lipinski definition) is 1. The molecule has 0 spiro atoms. The number of benzene rings is 1. The van der Waals surface area contributed by atoms with Crippen molar-refractivity contribution in [2.24, 2.45) is 5.92 Å². The molecule has 0 aromatic heterocycles. The summed E-state index contributed by atoms with van der Waals surface area (Å²) in [6, 6.07) is 9.27.